The van der Waals surface area contributed by atoms with Crippen molar-refractivity contribution in [3.8, 4) is 11.5 Å². The van der Waals surface area contributed by atoms with Gasteiger partial charge in [0.05, 0.1) is 20.6 Å². The van der Waals surface area contributed by atoms with Crippen molar-refractivity contribution in [1.82, 2.24) is 5.48 Å². The minimum Gasteiger partial charge on any atom is -0.493 e. The van der Waals surface area contributed by atoms with E-state index in [9.17, 15) is 4.79 Å². The number of benzene rings is 2. The van der Waals surface area contributed by atoms with Gasteiger partial charge in [-0.05, 0) is 60.6 Å². The third-order valence-corrected chi connectivity index (χ3v) is 6.29. The molecule has 1 aliphatic carbocycles. The normalized spacial score (nSPS) is 14.8. The smallest absolute Gasteiger partial charge is 0.247 e. The van der Waals surface area contributed by atoms with Gasteiger partial charge in [-0.1, -0.05) is 48.2 Å². The Labute approximate surface area is 181 Å². The van der Waals surface area contributed by atoms with Crippen LogP contribution in [0.25, 0.3) is 0 Å². The van der Waals surface area contributed by atoms with Gasteiger partial charge in [-0.15, -0.1) is 0 Å². The Kier molecular flexibility index (Phi) is 7.99. The number of hydrogen-bond donors (Lipinski definition) is 2. The quantitative estimate of drug-likeness (QED) is 0.422. The highest BCUT2D eigenvalue weighted by Gasteiger charge is 2.23. The lowest BCUT2D eigenvalue weighted by Crippen LogP contribution is -2.18. The average molecular weight is 426 g/mol. The second kappa shape index (κ2) is 10.9. The zero-order chi connectivity index (χ0) is 21.3. The van der Waals surface area contributed by atoms with E-state index < -0.39 is 0 Å². The van der Waals surface area contributed by atoms with Crippen LogP contribution in [-0.2, 0) is 11.2 Å². The second-order valence-corrected chi connectivity index (χ2v) is 8.10. The van der Waals surface area contributed by atoms with Gasteiger partial charge in [-0.3, -0.25) is 10.0 Å². The fourth-order valence-electron chi connectivity index (χ4n) is 3.53. The summed E-state index contributed by atoms with van der Waals surface area (Å²) in [5, 5.41) is 8.96. The molecule has 0 aliphatic heterocycles. The van der Waals surface area contributed by atoms with Crippen LogP contribution in [-0.4, -0.2) is 25.3 Å². The van der Waals surface area contributed by atoms with Crippen molar-refractivity contribution in [3.05, 3.63) is 76.2 Å². The molecule has 0 fully saturated rings. The Morgan fingerprint density at radius 3 is 2.57 bits per heavy atom. The molecule has 2 aromatic carbocycles. The molecule has 6 heteroatoms. The minimum absolute atomic E-state index is 0.197. The molecule has 0 radical (unpaired) electrons. The number of methoxy groups -OCH3 is 2. The number of ether oxygens (including phenoxy) is 2. The first-order valence-electron chi connectivity index (χ1n) is 9.92. The van der Waals surface area contributed by atoms with Gasteiger partial charge < -0.3 is 9.47 Å². The third-order valence-electron chi connectivity index (χ3n) is 5.05. The van der Waals surface area contributed by atoms with Gasteiger partial charge in [-0.25, -0.2) is 5.48 Å². The van der Waals surface area contributed by atoms with Crippen LogP contribution in [0.4, 0.5) is 0 Å². The molecule has 1 amide bonds. The molecule has 0 spiro atoms. The zero-order valence-electron chi connectivity index (χ0n) is 17.3. The number of hydrogen-bond acceptors (Lipinski definition) is 5. The summed E-state index contributed by atoms with van der Waals surface area (Å²) in [7, 11) is 3.23. The summed E-state index contributed by atoms with van der Waals surface area (Å²) in [6, 6.07) is 16.2. The van der Waals surface area contributed by atoms with Gasteiger partial charge in [0.15, 0.2) is 11.5 Å². The molecule has 2 aromatic rings. The molecular formula is C24H27NO4S. The first-order valence-corrected chi connectivity index (χ1v) is 10.7. The van der Waals surface area contributed by atoms with Gasteiger partial charge in [0.25, 0.3) is 0 Å². The van der Waals surface area contributed by atoms with Crippen molar-refractivity contribution >= 4 is 17.7 Å². The number of thioether (sulfide) groups is 1. The standard InChI is InChI=1S/C24H27NO4S/c1-28-21-14-13-20(16-22(21)29-2)30-24-18(11-12-19(24)15-23(26)25-27)10-6-9-17-7-4-3-5-8-17/h3-5,7-8,10,13-14,16,27H,6,9,11-12,15H2,1-2H3,(H,25,26). The Balaban J connectivity index is 1.82. The lowest BCUT2D eigenvalue weighted by molar-refractivity contribution is -0.128. The number of allylic oxidation sites excluding steroid dienone is 2. The number of carbonyl (C=O) groups excluding carboxylic acids is 1. The molecule has 0 aromatic heterocycles. The van der Waals surface area contributed by atoms with E-state index in [1.54, 1.807) is 31.5 Å². The van der Waals surface area contributed by atoms with Crippen molar-refractivity contribution in [3.63, 3.8) is 0 Å². The summed E-state index contributed by atoms with van der Waals surface area (Å²) in [6.07, 6.45) is 6.11. The van der Waals surface area contributed by atoms with Crippen molar-refractivity contribution in [2.24, 2.45) is 0 Å². The van der Waals surface area contributed by atoms with Gasteiger partial charge in [0.1, 0.15) is 0 Å². The second-order valence-electron chi connectivity index (χ2n) is 7.02. The summed E-state index contributed by atoms with van der Waals surface area (Å²) in [5.74, 6) is 0.965. The van der Waals surface area contributed by atoms with Crippen molar-refractivity contribution in [2.45, 2.75) is 37.0 Å². The van der Waals surface area contributed by atoms with E-state index in [4.69, 9.17) is 14.7 Å². The maximum Gasteiger partial charge on any atom is 0.247 e. The summed E-state index contributed by atoms with van der Waals surface area (Å²) < 4.78 is 10.8. The summed E-state index contributed by atoms with van der Waals surface area (Å²) in [4.78, 5) is 13.9. The molecule has 0 heterocycles. The molecule has 1 aliphatic rings. The largest absolute Gasteiger partial charge is 0.493 e. The number of hydroxylamine groups is 1. The van der Waals surface area contributed by atoms with Crippen LogP contribution in [0.15, 0.2) is 75.6 Å². The van der Waals surface area contributed by atoms with Crippen molar-refractivity contribution in [1.29, 1.82) is 0 Å². The van der Waals surface area contributed by atoms with E-state index in [-0.39, 0.29) is 12.3 Å². The number of amides is 1. The topological polar surface area (TPSA) is 67.8 Å². The number of carbonyl (C=O) groups is 1. The molecule has 0 saturated heterocycles. The summed E-state index contributed by atoms with van der Waals surface area (Å²) in [5.41, 5.74) is 5.37. The van der Waals surface area contributed by atoms with E-state index in [0.717, 1.165) is 41.1 Å². The highest BCUT2D eigenvalue weighted by Crippen LogP contribution is 2.45. The fourth-order valence-corrected chi connectivity index (χ4v) is 4.70. The lowest BCUT2D eigenvalue weighted by Gasteiger charge is -2.12. The Morgan fingerprint density at radius 2 is 1.87 bits per heavy atom. The molecule has 0 atom stereocenters. The van der Waals surface area contributed by atoms with Gasteiger partial charge in [0, 0.05) is 9.80 Å². The van der Waals surface area contributed by atoms with Crippen LogP contribution < -0.4 is 15.0 Å². The van der Waals surface area contributed by atoms with Gasteiger partial charge in [-0.2, -0.15) is 0 Å². The minimum atomic E-state index is -0.388. The van der Waals surface area contributed by atoms with Crippen LogP contribution >= 0.6 is 11.8 Å². The molecule has 30 heavy (non-hydrogen) atoms. The monoisotopic (exact) mass is 425 g/mol. The van der Waals surface area contributed by atoms with E-state index >= 15 is 0 Å². The molecule has 0 bridgehead atoms. The first-order chi connectivity index (χ1) is 14.6. The van der Waals surface area contributed by atoms with E-state index in [2.05, 4.69) is 30.3 Å². The van der Waals surface area contributed by atoms with Crippen molar-refractivity contribution in [2.75, 3.05) is 14.2 Å². The molecule has 0 saturated carbocycles. The average Bonchev–Trinajstić information content (AvgIpc) is 3.15. The SMILES string of the molecule is COc1ccc(SC2=C(CC(=O)NO)CCC2=CCCc2ccccc2)cc1OC. The Bertz CT molecular complexity index is 937. The Morgan fingerprint density at radius 1 is 1.10 bits per heavy atom. The predicted octanol–water partition coefficient (Wildman–Crippen LogP) is 5.30. The van der Waals surface area contributed by atoms with Crippen LogP contribution in [0, 0.1) is 0 Å². The van der Waals surface area contributed by atoms with E-state index in [1.807, 2.05) is 24.3 Å². The summed E-state index contributed by atoms with van der Waals surface area (Å²) in [6.45, 7) is 0. The maximum absolute atomic E-state index is 11.8. The molecule has 0 unspecified atom stereocenters. The molecular weight excluding hydrogens is 398 g/mol. The third kappa shape index (κ3) is 5.68. The maximum atomic E-state index is 11.8. The van der Waals surface area contributed by atoms with Crippen LogP contribution in [0.3, 0.4) is 0 Å². The number of rotatable bonds is 9. The van der Waals surface area contributed by atoms with Crippen LogP contribution in [0.2, 0.25) is 0 Å². The van der Waals surface area contributed by atoms with Crippen molar-refractivity contribution < 1.29 is 19.5 Å². The number of aryl methyl sites for hydroxylation is 1. The van der Waals surface area contributed by atoms with E-state index in [0.29, 0.717) is 11.5 Å². The first kappa shape index (κ1) is 22.0. The van der Waals surface area contributed by atoms with Crippen LogP contribution in [0.5, 0.6) is 11.5 Å². The molecule has 3 rings (SSSR count). The lowest BCUT2D eigenvalue weighted by atomic mass is 10.1. The predicted molar refractivity (Wildman–Crippen MR) is 119 cm³/mol. The molecule has 2 N–H and O–H groups in total. The van der Waals surface area contributed by atoms with Gasteiger partial charge in [0.2, 0.25) is 5.91 Å². The number of nitrogens with one attached hydrogen (secondary N) is 1. The highest BCUT2D eigenvalue weighted by atomic mass is 32.2. The highest BCUT2D eigenvalue weighted by molar-refractivity contribution is 8.03. The molecule has 5 nitrogen and oxygen atoms in total. The van der Waals surface area contributed by atoms with E-state index in [1.165, 1.54) is 11.1 Å². The zero-order valence-corrected chi connectivity index (χ0v) is 18.1. The van der Waals surface area contributed by atoms with Gasteiger partial charge >= 0.3 is 0 Å². The fraction of sp³-hybridized carbons (Fsp3) is 0.292. The molecule has 158 valence electrons. The van der Waals surface area contributed by atoms with Crippen LogP contribution in [0.1, 0.15) is 31.2 Å². The summed E-state index contributed by atoms with van der Waals surface area (Å²) >= 11 is 1.63. The Hall–Kier alpha value is -2.70.